The van der Waals surface area contributed by atoms with Crippen LogP contribution in [0.1, 0.15) is 68.2 Å². The van der Waals surface area contributed by atoms with Crippen molar-refractivity contribution >= 4 is 6.29 Å². The van der Waals surface area contributed by atoms with Gasteiger partial charge >= 0.3 is 0 Å². The molecular formula is C28H48O5. The molecule has 0 rings (SSSR count). The zero-order chi connectivity index (χ0) is 25.7. The maximum Gasteiger partial charge on any atom is 0.145 e. The van der Waals surface area contributed by atoms with Gasteiger partial charge in [-0.1, -0.05) is 71.4 Å². The molecule has 0 amide bonds. The van der Waals surface area contributed by atoms with Crippen LogP contribution >= 0.6 is 0 Å². The fourth-order valence-electron chi connectivity index (χ4n) is 3.91. The summed E-state index contributed by atoms with van der Waals surface area (Å²) in [4.78, 5) is 10.8. The van der Waals surface area contributed by atoms with E-state index in [2.05, 4.69) is 13.8 Å². The maximum absolute atomic E-state index is 10.8. The Morgan fingerprint density at radius 3 is 1.85 bits per heavy atom. The molecule has 0 fully saturated rings. The number of rotatable bonds is 15. The number of hydrogen-bond donors (Lipinski definition) is 4. The zero-order valence-electron chi connectivity index (χ0n) is 21.9. The van der Waals surface area contributed by atoms with Gasteiger partial charge in [0.05, 0.1) is 18.3 Å². The van der Waals surface area contributed by atoms with Gasteiger partial charge in [-0.05, 0) is 49.8 Å². The molecule has 8 atom stereocenters. The Kier molecular flexibility index (Phi) is 15.4. The maximum atomic E-state index is 10.8. The second kappa shape index (κ2) is 16.2. The van der Waals surface area contributed by atoms with Gasteiger partial charge in [-0.3, -0.25) is 4.79 Å². The first-order valence-electron chi connectivity index (χ1n) is 12.2. The minimum absolute atomic E-state index is 0.0293. The van der Waals surface area contributed by atoms with Crippen molar-refractivity contribution < 1.29 is 25.2 Å². The third-order valence-corrected chi connectivity index (χ3v) is 6.45. The highest BCUT2D eigenvalue weighted by atomic mass is 16.3. The fraction of sp³-hybridized carbons (Fsp3) is 0.679. The first kappa shape index (κ1) is 31.5. The number of hydrogen-bond acceptors (Lipinski definition) is 5. The van der Waals surface area contributed by atoms with Crippen LogP contribution in [0.5, 0.6) is 0 Å². The first-order valence-corrected chi connectivity index (χ1v) is 12.2. The molecule has 0 spiro atoms. The Balaban J connectivity index is 5.17. The summed E-state index contributed by atoms with van der Waals surface area (Å²) in [5.74, 6) is -0.0900. The van der Waals surface area contributed by atoms with Crippen molar-refractivity contribution in [2.24, 2.45) is 29.6 Å². The standard InChI is InChI=1S/C28H48O5/c1-9-18(2)13-25(17-30)15-24(8)28(33)23(7)14-22(6)27(32)20(4)10-11-26(31)21(5)12-19(3)16-29/h10-12,14-16,18,20-21,23,25-28,30-33H,9,13,17H2,1-8H3. The number of aliphatic hydroxyl groups is 4. The molecule has 0 bridgehead atoms. The molecule has 0 aromatic carbocycles. The van der Waals surface area contributed by atoms with Crippen LogP contribution in [0.25, 0.3) is 0 Å². The molecule has 33 heavy (non-hydrogen) atoms. The second-order valence-corrected chi connectivity index (χ2v) is 9.88. The van der Waals surface area contributed by atoms with Gasteiger partial charge < -0.3 is 20.4 Å². The van der Waals surface area contributed by atoms with E-state index < -0.39 is 18.3 Å². The van der Waals surface area contributed by atoms with Gasteiger partial charge in [-0.2, -0.15) is 0 Å². The van der Waals surface area contributed by atoms with Crippen molar-refractivity contribution in [3.8, 4) is 0 Å². The van der Waals surface area contributed by atoms with E-state index in [1.165, 1.54) is 0 Å². The summed E-state index contributed by atoms with van der Waals surface area (Å²) in [6, 6.07) is 0. The van der Waals surface area contributed by atoms with Crippen LogP contribution < -0.4 is 0 Å². The van der Waals surface area contributed by atoms with E-state index in [0.29, 0.717) is 11.5 Å². The summed E-state index contributed by atoms with van der Waals surface area (Å²) in [5, 5.41) is 41.4. The van der Waals surface area contributed by atoms with Crippen LogP contribution in [0.2, 0.25) is 0 Å². The zero-order valence-corrected chi connectivity index (χ0v) is 21.9. The van der Waals surface area contributed by atoms with Gasteiger partial charge in [-0.25, -0.2) is 0 Å². The molecular weight excluding hydrogens is 416 g/mol. The molecule has 0 heterocycles. The van der Waals surface area contributed by atoms with E-state index in [0.717, 1.165) is 30.3 Å². The fourth-order valence-corrected chi connectivity index (χ4v) is 3.91. The van der Waals surface area contributed by atoms with Crippen molar-refractivity contribution in [2.75, 3.05) is 6.61 Å². The van der Waals surface area contributed by atoms with Crippen LogP contribution in [0.15, 0.2) is 47.1 Å². The van der Waals surface area contributed by atoms with Crippen molar-refractivity contribution in [3.05, 3.63) is 47.1 Å². The largest absolute Gasteiger partial charge is 0.396 e. The number of aliphatic hydroxyl groups excluding tert-OH is 4. The quantitative estimate of drug-likeness (QED) is 0.161. The summed E-state index contributed by atoms with van der Waals surface area (Å²) < 4.78 is 0. The Morgan fingerprint density at radius 1 is 0.788 bits per heavy atom. The summed E-state index contributed by atoms with van der Waals surface area (Å²) in [5.41, 5.74) is 2.15. The Morgan fingerprint density at radius 2 is 1.33 bits per heavy atom. The molecule has 0 aliphatic rings. The number of carbonyl (C=O) groups excluding carboxylic acids is 1. The average molecular weight is 465 g/mol. The van der Waals surface area contributed by atoms with Crippen molar-refractivity contribution in [1.82, 2.24) is 0 Å². The normalized spacial score (nSPS) is 21.3. The second-order valence-electron chi connectivity index (χ2n) is 9.88. The third kappa shape index (κ3) is 11.9. The molecule has 190 valence electrons. The average Bonchev–Trinajstić information content (AvgIpc) is 2.79. The molecule has 8 unspecified atom stereocenters. The number of aldehydes is 1. The lowest BCUT2D eigenvalue weighted by Crippen LogP contribution is -2.23. The monoisotopic (exact) mass is 464 g/mol. The van der Waals surface area contributed by atoms with Crippen LogP contribution in [-0.4, -0.2) is 51.6 Å². The molecule has 0 aliphatic carbocycles. The molecule has 0 radical (unpaired) electrons. The van der Waals surface area contributed by atoms with Gasteiger partial charge in [0.2, 0.25) is 0 Å². The summed E-state index contributed by atoms with van der Waals surface area (Å²) in [7, 11) is 0. The van der Waals surface area contributed by atoms with E-state index in [1.54, 1.807) is 25.2 Å². The van der Waals surface area contributed by atoms with E-state index in [9.17, 15) is 25.2 Å². The lowest BCUT2D eigenvalue weighted by molar-refractivity contribution is -0.104. The number of allylic oxidation sites excluding steroid dienone is 1. The van der Waals surface area contributed by atoms with Gasteiger partial charge in [-0.15, -0.1) is 0 Å². The van der Waals surface area contributed by atoms with Gasteiger partial charge in [0.25, 0.3) is 0 Å². The predicted molar refractivity (Wildman–Crippen MR) is 137 cm³/mol. The van der Waals surface area contributed by atoms with Crippen LogP contribution in [0.4, 0.5) is 0 Å². The Hall–Kier alpha value is -1.53. The molecule has 5 heteroatoms. The highest BCUT2D eigenvalue weighted by molar-refractivity contribution is 5.72. The number of carbonyl (C=O) groups is 1. The van der Waals surface area contributed by atoms with E-state index in [4.69, 9.17) is 0 Å². The smallest absolute Gasteiger partial charge is 0.145 e. The topological polar surface area (TPSA) is 98.0 Å². The van der Waals surface area contributed by atoms with Crippen molar-refractivity contribution in [2.45, 2.75) is 86.5 Å². The SMILES string of the molecule is CCC(C)CC(C=C(C)C(O)C(C)C=C(C)C(O)C(C)C=CC(O)C(C)C=C(C)C=O)CO. The van der Waals surface area contributed by atoms with Crippen LogP contribution in [0.3, 0.4) is 0 Å². The molecule has 0 aromatic heterocycles. The lowest BCUT2D eigenvalue weighted by Gasteiger charge is -2.23. The third-order valence-electron chi connectivity index (χ3n) is 6.45. The van der Waals surface area contributed by atoms with Gasteiger partial charge in [0, 0.05) is 30.3 Å². The predicted octanol–water partition coefficient (Wildman–Crippen LogP) is 4.62. The van der Waals surface area contributed by atoms with Gasteiger partial charge in [0.1, 0.15) is 6.29 Å². The lowest BCUT2D eigenvalue weighted by atomic mass is 9.88. The molecule has 4 N–H and O–H groups in total. The highest BCUT2D eigenvalue weighted by Crippen LogP contribution is 2.23. The summed E-state index contributed by atoms with van der Waals surface area (Å²) in [6.07, 6.45) is 9.52. The van der Waals surface area contributed by atoms with Crippen molar-refractivity contribution in [3.63, 3.8) is 0 Å². The summed E-state index contributed by atoms with van der Waals surface area (Å²) >= 11 is 0. The van der Waals surface area contributed by atoms with Crippen LogP contribution in [-0.2, 0) is 4.79 Å². The minimum atomic E-state index is -0.748. The first-order chi connectivity index (χ1) is 15.4. The van der Waals surface area contributed by atoms with E-state index >= 15 is 0 Å². The highest BCUT2D eigenvalue weighted by Gasteiger charge is 2.20. The molecule has 0 aliphatic heterocycles. The van der Waals surface area contributed by atoms with Crippen molar-refractivity contribution in [1.29, 1.82) is 0 Å². The van der Waals surface area contributed by atoms with Crippen LogP contribution in [0, 0.1) is 29.6 Å². The van der Waals surface area contributed by atoms with Gasteiger partial charge in [0.15, 0.2) is 0 Å². The Bertz CT molecular complexity index is 690. The van der Waals surface area contributed by atoms with E-state index in [-0.39, 0.29) is 30.3 Å². The minimum Gasteiger partial charge on any atom is -0.396 e. The summed E-state index contributed by atoms with van der Waals surface area (Å²) in [6.45, 7) is 15.4. The molecule has 0 aromatic rings. The molecule has 0 saturated carbocycles. The van der Waals surface area contributed by atoms with E-state index in [1.807, 2.05) is 46.8 Å². The molecule has 5 nitrogen and oxygen atoms in total. The molecule has 0 saturated heterocycles. The Labute approximate surface area is 201 Å².